The van der Waals surface area contributed by atoms with Gasteiger partial charge in [0.25, 0.3) is 0 Å². The molecule has 3 heteroatoms. The van der Waals surface area contributed by atoms with Crippen molar-refractivity contribution in [3.63, 3.8) is 0 Å². The standard InChI is InChI=1S/C23H34N2S/c1-19(26-23-14-13-20-9-5-6-10-21(20)18-23)8-7-15-24-16-17-25-22-11-3-2-4-12-22/h5-6,9-10,13-14,18-19,22,24-25H,2-4,7-8,11-12,15-17H2,1H3. The van der Waals surface area contributed by atoms with Gasteiger partial charge >= 0.3 is 0 Å². The molecule has 1 aliphatic carbocycles. The summed E-state index contributed by atoms with van der Waals surface area (Å²) >= 11 is 2.01. The molecule has 1 unspecified atom stereocenters. The third kappa shape index (κ3) is 6.61. The number of benzene rings is 2. The minimum Gasteiger partial charge on any atom is -0.315 e. The monoisotopic (exact) mass is 370 g/mol. The molecule has 1 saturated carbocycles. The van der Waals surface area contributed by atoms with Crippen LogP contribution in [0, 0.1) is 0 Å². The molecule has 0 radical (unpaired) electrons. The van der Waals surface area contributed by atoms with Gasteiger partial charge in [-0.3, -0.25) is 0 Å². The first-order valence-corrected chi connectivity index (χ1v) is 11.3. The van der Waals surface area contributed by atoms with Gasteiger partial charge in [-0.1, -0.05) is 56.5 Å². The zero-order valence-corrected chi connectivity index (χ0v) is 17.0. The molecular formula is C23H34N2S. The van der Waals surface area contributed by atoms with Gasteiger partial charge < -0.3 is 10.6 Å². The van der Waals surface area contributed by atoms with Crippen molar-refractivity contribution in [3.05, 3.63) is 42.5 Å². The number of fused-ring (bicyclic) bond motifs is 1. The highest BCUT2D eigenvalue weighted by atomic mass is 32.2. The molecule has 0 heterocycles. The molecule has 2 aromatic rings. The van der Waals surface area contributed by atoms with E-state index in [4.69, 9.17) is 0 Å². The number of thioether (sulfide) groups is 1. The fraction of sp³-hybridized carbons (Fsp3) is 0.565. The first-order valence-electron chi connectivity index (χ1n) is 10.4. The maximum absolute atomic E-state index is 3.70. The van der Waals surface area contributed by atoms with Crippen LogP contribution < -0.4 is 10.6 Å². The third-order valence-corrected chi connectivity index (χ3v) is 6.53. The third-order valence-electron chi connectivity index (χ3n) is 5.36. The van der Waals surface area contributed by atoms with Crippen molar-refractivity contribution >= 4 is 22.5 Å². The van der Waals surface area contributed by atoms with Crippen LogP contribution in [0.2, 0.25) is 0 Å². The molecule has 2 nitrogen and oxygen atoms in total. The van der Waals surface area contributed by atoms with Gasteiger partial charge in [0.2, 0.25) is 0 Å². The van der Waals surface area contributed by atoms with E-state index in [1.54, 1.807) is 0 Å². The summed E-state index contributed by atoms with van der Waals surface area (Å²) in [6.45, 7) is 5.70. The second-order valence-corrected chi connectivity index (χ2v) is 9.13. The lowest BCUT2D eigenvalue weighted by atomic mass is 9.95. The Kier molecular flexibility index (Phi) is 8.31. The lowest BCUT2D eigenvalue weighted by molar-refractivity contribution is 0.372. The summed E-state index contributed by atoms with van der Waals surface area (Å²) in [5.41, 5.74) is 0. The van der Waals surface area contributed by atoms with E-state index in [2.05, 4.69) is 60.0 Å². The summed E-state index contributed by atoms with van der Waals surface area (Å²) in [6.07, 6.45) is 9.54. The topological polar surface area (TPSA) is 24.1 Å². The quantitative estimate of drug-likeness (QED) is 0.420. The Morgan fingerprint density at radius 3 is 2.62 bits per heavy atom. The summed E-state index contributed by atoms with van der Waals surface area (Å²) in [4.78, 5) is 1.39. The van der Waals surface area contributed by atoms with E-state index in [0.717, 1.165) is 25.7 Å². The Bertz CT molecular complexity index is 651. The molecule has 142 valence electrons. The second-order valence-electron chi connectivity index (χ2n) is 7.62. The molecule has 0 aromatic heterocycles. The smallest absolute Gasteiger partial charge is 0.00810 e. The van der Waals surface area contributed by atoms with Crippen molar-refractivity contribution in [2.24, 2.45) is 0 Å². The van der Waals surface area contributed by atoms with Crippen molar-refractivity contribution < 1.29 is 0 Å². The van der Waals surface area contributed by atoms with Gasteiger partial charge in [-0.2, -0.15) is 0 Å². The molecule has 2 aromatic carbocycles. The Hall–Kier alpha value is -1.03. The van der Waals surface area contributed by atoms with Gasteiger partial charge in [0.15, 0.2) is 0 Å². The fourth-order valence-corrected chi connectivity index (χ4v) is 4.93. The molecule has 1 fully saturated rings. The molecule has 3 rings (SSSR count). The Morgan fingerprint density at radius 1 is 0.962 bits per heavy atom. The lowest BCUT2D eigenvalue weighted by Crippen LogP contribution is -2.36. The molecule has 1 aliphatic rings. The van der Waals surface area contributed by atoms with Crippen LogP contribution >= 0.6 is 11.8 Å². The summed E-state index contributed by atoms with van der Waals surface area (Å²) in [5, 5.41) is 10.6. The fourth-order valence-electron chi connectivity index (χ4n) is 3.84. The van der Waals surface area contributed by atoms with E-state index in [1.807, 2.05) is 11.8 Å². The van der Waals surface area contributed by atoms with Gasteiger partial charge in [0.1, 0.15) is 0 Å². The normalized spacial score (nSPS) is 16.8. The van der Waals surface area contributed by atoms with E-state index in [1.165, 1.54) is 60.6 Å². The summed E-state index contributed by atoms with van der Waals surface area (Å²) in [5.74, 6) is 0. The van der Waals surface area contributed by atoms with Crippen molar-refractivity contribution in [2.75, 3.05) is 19.6 Å². The van der Waals surface area contributed by atoms with E-state index < -0.39 is 0 Å². The van der Waals surface area contributed by atoms with Gasteiger partial charge in [-0.05, 0) is 55.1 Å². The Labute approximate surface area is 163 Å². The number of rotatable bonds is 10. The van der Waals surface area contributed by atoms with Crippen LogP contribution in [0.1, 0.15) is 51.9 Å². The largest absolute Gasteiger partial charge is 0.315 e. The molecule has 0 bridgehead atoms. The highest BCUT2D eigenvalue weighted by Crippen LogP contribution is 2.28. The first kappa shape index (κ1) is 19.7. The molecule has 1 atom stereocenters. The van der Waals surface area contributed by atoms with Crippen LogP contribution in [0.25, 0.3) is 10.8 Å². The first-order chi connectivity index (χ1) is 12.8. The maximum atomic E-state index is 3.70. The Balaban J connectivity index is 1.26. The minimum atomic E-state index is 0.665. The molecule has 0 saturated heterocycles. The van der Waals surface area contributed by atoms with Crippen molar-refractivity contribution in [2.45, 2.75) is 68.1 Å². The summed E-state index contributed by atoms with van der Waals surface area (Å²) in [6, 6.07) is 16.2. The molecule has 0 aliphatic heterocycles. The van der Waals surface area contributed by atoms with Crippen LogP contribution in [-0.2, 0) is 0 Å². The highest BCUT2D eigenvalue weighted by molar-refractivity contribution is 8.00. The van der Waals surface area contributed by atoms with Gasteiger partial charge in [0.05, 0.1) is 0 Å². The van der Waals surface area contributed by atoms with Crippen molar-refractivity contribution in [1.29, 1.82) is 0 Å². The van der Waals surface area contributed by atoms with E-state index in [-0.39, 0.29) is 0 Å². The van der Waals surface area contributed by atoms with Crippen LogP contribution in [-0.4, -0.2) is 30.9 Å². The van der Waals surface area contributed by atoms with Crippen LogP contribution in [0.4, 0.5) is 0 Å². The molecule has 0 spiro atoms. The Morgan fingerprint density at radius 2 is 1.77 bits per heavy atom. The average molecular weight is 371 g/mol. The second kappa shape index (κ2) is 11.0. The minimum absolute atomic E-state index is 0.665. The molecule has 0 amide bonds. The zero-order valence-electron chi connectivity index (χ0n) is 16.2. The lowest BCUT2D eigenvalue weighted by Gasteiger charge is -2.22. The average Bonchev–Trinajstić information content (AvgIpc) is 2.68. The van der Waals surface area contributed by atoms with E-state index in [0.29, 0.717) is 5.25 Å². The van der Waals surface area contributed by atoms with Crippen LogP contribution in [0.5, 0.6) is 0 Å². The number of nitrogens with one attached hydrogen (secondary N) is 2. The maximum Gasteiger partial charge on any atom is 0.00810 e. The molecule has 2 N–H and O–H groups in total. The van der Waals surface area contributed by atoms with Crippen molar-refractivity contribution in [3.8, 4) is 0 Å². The number of hydrogen-bond acceptors (Lipinski definition) is 3. The van der Waals surface area contributed by atoms with Gasteiger partial charge in [0, 0.05) is 29.3 Å². The van der Waals surface area contributed by atoms with Crippen molar-refractivity contribution in [1.82, 2.24) is 10.6 Å². The summed E-state index contributed by atoms with van der Waals surface area (Å²) in [7, 11) is 0. The summed E-state index contributed by atoms with van der Waals surface area (Å²) < 4.78 is 0. The van der Waals surface area contributed by atoms with Crippen LogP contribution in [0.3, 0.4) is 0 Å². The van der Waals surface area contributed by atoms with Gasteiger partial charge in [-0.25, -0.2) is 0 Å². The highest BCUT2D eigenvalue weighted by Gasteiger charge is 2.11. The zero-order chi connectivity index (χ0) is 18.0. The SMILES string of the molecule is CC(CCCNCCNC1CCCCC1)Sc1ccc2ccccc2c1. The van der Waals surface area contributed by atoms with Crippen LogP contribution in [0.15, 0.2) is 47.4 Å². The molecule has 26 heavy (non-hydrogen) atoms. The van der Waals surface area contributed by atoms with E-state index in [9.17, 15) is 0 Å². The number of hydrogen-bond donors (Lipinski definition) is 2. The predicted octanol–water partition coefficient (Wildman–Crippen LogP) is 5.61. The van der Waals surface area contributed by atoms with E-state index >= 15 is 0 Å². The molecular weight excluding hydrogens is 336 g/mol. The van der Waals surface area contributed by atoms with Gasteiger partial charge in [-0.15, -0.1) is 11.8 Å². The predicted molar refractivity (Wildman–Crippen MR) is 116 cm³/mol.